The first-order valence-electron chi connectivity index (χ1n) is 10.9. The van der Waals surface area contributed by atoms with Gasteiger partial charge in [0, 0.05) is 43.5 Å². The lowest BCUT2D eigenvalue weighted by molar-refractivity contribution is 0.259. The minimum atomic E-state index is 0.384. The van der Waals surface area contributed by atoms with Gasteiger partial charge in [0.1, 0.15) is 12.4 Å². The first kappa shape index (κ1) is 22.0. The Kier molecular flexibility index (Phi) is 8.39. The molecule has 30 heavy (non-hydrogen) atoms. The molecule has 0 aromatic heterocycles. The molecule has 1 unspecified atom stereocenters. The highest BCUT2D eigenvalue weighted by molar-refractivity contribution is 5.80. The Morgan fingerprint density at radius 2 is 1.90 bits per heavy atom. The Hall–Kier alpha value is -2.73. The van der Waals surface area contributed by atoms with Crippen molar-refractivity contribution in [2.75, 3.05) is 51.8 Å². The predicted octanol–water partition coefficient (Wildman–Crippen LogP) is 2.96. The number of guanidine groups is 1. The zero-order chi connectivity index (χ0) is 21.2. The summed E-state index contributed by atoms with van der Waals surface area (Å²) in [7, 11) is 4.10. The van der Waals surface area contributed by atoms with Crippen LogP contribution in [0.2, 0.25) is 0 Å². The molecule has 3 rings (SSSR count). The smallest absolute Gasteiger partial charge is 0.191 e. The number of benzene rings is 2. The second-order valence-electron chi connectivity index (χ2n) is 7.87. The normalized spacial score (nSPS) is 16.7. The van der Waals surface area contributed by atoms with Crippen molar-refractivity contribution >= 4 is 11.6 Å². The van der Waals surface area contributed by atoms with Crippen LogP contribution in [-0.2, 0) is 6.54 Å². The molecular formula is C24H35N5O. The van der Waals surface area contributed by atoms with Gasteiger partial charge in [-0.25, -0.2) is 4.99 Å². The number of nitrogens with one attached hydrogen (secondary N) is 2. The average Bonchev–Trinajstić information content (AvgIpc) is 3.22. The summed E-state index contributed by atoms with van der Waals surface area (Å²) >= 11 is 0. The summed E-state index contributed by atoms with van der Waals surface area (Å²) in [5, 5.41) is 7.00. The molecule has 0 aliphatic carbocycles. The molecule has 1 heterocycles. The molecule has 1 fully saturated rings. The summed E-state index contributed by atoms with van der Waals surface area (Å²) in [4.78, 5) is 9.38. The number of ether oxygens (including phenoxy) is 1. The summed E-state index contributed by atoms with van der Waals surface area (Å²) in [6, 6.07) is 19.2. The van der Waals surface area contributed by atoms with Gasteiger partial charge in [0.15, 0.2) is 5.96 Å². The van der Waals surface area contributed by atoms with Crippen LogP contribution in [-0.4, -0.2) is 63.8 Å². The highest BCUT2D eigenvalue weighted by Gasteiger charge is 2.23. The number of para-hydroxylation sites is 2. The minimum absolute atomic E-state index is 0.384. The molecule has 0 amide bonds. The maximum Gasteiger partial charge on any atom is 0.191 e. The van der Waals surface area contributed by atoms with Crippen molar-refractivity contribution in [2.45, 2.75) is 25.9 Å². The van der Waals surface area contributed by atoms with Crippen molar-refractivity contribution in [1.29, 1.82) is 0 Å². The highest BCUT2D eigenvalue weighted by Crippen LogP contribution is 2.20. The zero-order valence-corrected chi connectivity index (χ0v) is 18.5. The van der Waals surface area contributed by atoms with E-state index in [-0.39, 0.29) is 0 Å². The van der Waals surface area contributed by atoms with Crippen molar-refractivity contribution in [1.82, 2.24) is 15.5 Å². The van der Waals surface area contributed by atoms with E-state index in [2.05, 4.69) is 77.9 Å². The second-order valence-corrected chi connectivity index (χ2v) is 7.87. The molecule has 1 atom stereocenters. The monoisotopic (exact) mass is 409 g/mol. The number of hydrogen-bond donors (Lipinski definition) is 2. The van der Waals surface area contributed by atoms with Crippen LogP contribution < -0.4 is 20.3 Å². The van der Waals surface area contributed by atoms with Gasteiger partial charge in [-0.1, -0.05) is 36.4 Å². The van der Waals surface area contributed by atoms with Crippen molar-refractivity contribution in [3.05, 3.63) is 60.2 Å². The van der Waals surface area contributed by atoms with Crippen LogP contribution in [0.15, 0.2) is 59.6 Å². The molecule has 2 aromatic rings. The largest absolute Gasteiger partial charge is 0.492 e. The fraction of sp³-hybridized carbons (Fsp3) is 0.458. The van der Waals surface area contributed by atoms with Crippen LogP contribution >= 0.6 is 0 Å². The van der Waals surface area contributed by atoms with Gasteiger partial charge in [0.25, 0.3) is 0 Å². The first-order valence-corrected chi connectivity index (χ1v) is 10.9. The second kappa shape index (κ2) is 11.5. The lowest BCUT2D eigenvalue weighted by atomic mass is 10.2. The quantitative estimate of drug-likeness (QED) is 0.493. The Balaban J connectivity index is 1.59. The molecule has 2 N–H and O–H groups in total. The number of hydrogen-bond acceptors (Lipinski definition) is 4. The summed E-state index contributed by atoms with van der Waals surface area (Å²) in [6.45, 7) is 7.12. The van der Waals surface area contributed by atoms with E-state index in [9.17, 15) is 0 Å². The topological polar surface area (TPSA) is 52.1 Å². The van der Waals surface area contributed by atoms with Gasteiger partial charge in [-0.3, -0.25) is 0 Å². The van der Waals surface area contributed by atoms with Crippen LogP contribution in [0.25, 0.3) is 0 Å². The summed E-state index contributed by atoms with van der Waals surface area (Å²) < 4.78 is 5.98. The molecule has 0 spiro atoms. The van der Waals surface area contributed by atoms with Gasteiger partial charge in [0.05, 0.1) is 6.54 Å². The Bertz CT molecular complexity index is 793. The van der Waals surface area contributed by atoms with E-state index in [1.165, 1.54) is 5.69 Å². The van der Waals surface area contributed by atoms with Gasteiger partial charge in [-0.15, -0.1) is 0 Å². The minimum Gasteiger partial charge on any atom is -0.492 e. The van der Waals surface area contributed by atoms with Gasteiger partial charge in [-0.05, 0) is 45.6 Å². The van der Waals surface area contributed by atoms with Gasteiger partial charge < -0.3 is 25.2 Å². The Labute approximate surface area is 180 Å². The van der Waals surface area contributed by atoms with E-state index in [0.29, 0.717) is 19.2 Å². The fourth-order valence-electron chi connectivity index (χ4n) is 3.54. The van der Waals surface area contributed by atoms with Crippen molar-refractivity contribution in [3.63, 3.8) is 0 Å². The van der Waals surface area contributed by atoms with Gasteiger partial charge in [0.2, 0.25) is 0 Å². The summed E-state index contributed by atoms with van der Waals surface area (Å²) in [5.74, 6) is 1.77. The molecule has 0 saturated carbocycles. The van der Waals surface area contributed by atoms with Crippen molar-refractivity contribution in [3.8, 4) is 5.75 Å². The summed E-state index contributed by atoms with van der Waals surface area (Å²) in [5.41, 5.74) is 2.39. The molecule has 6 nitrogen and oxygen atoms in total. The standard InChI is InChI=1S/C24H35N5O/c1-4-25-24(27-21-14-15-29(19-21)22-11-6-5-7-12-22)26-18-20-10-8-9-13-23(20)30-17-16-28(2)3/h5-13,21H,4,14-19H2,1-3H3,(H2,25,26,27). The molecule has 1 aliphatic rings. The molecular weight excluding hydrogens is 374 g/mol. The van der Waals surface area contributed by atoms with E-state index in [1.807, 2.05) is 18.2 Å². The van der Waals surface area contributed by atoms with Crippen LogP contribution in [0.4, 0.5) is 5.69 Å². The molecule has 0 radical (unpaired) electrons. The molecule has 6 heteroatoms. The summed E-state index contributed by atoms with van der Waals surface area (Å²) in [6.07, 6.45) is 1.10. The number of aliphatic imine (C=N–C) groups is 1. The molecule has 1 aliphatic heterocycles. The third-order valence-corrected chi connectivity index (χ3v) is 5.17. The third-order valence-electron chi connectivity index (χ3n) is 5.17. The number of rotatable bonds is 9. The number of anilines is 1. The predicted molar refractivity (Wildman–Crippen MR) is 126 cm³/mol. The maximum absolute atomic E-state index is 5.98. The van der Waals surface area contributed by atoms with E-state index in [1.54, 1.807) is 0 Å². The Morgan fingerprint density at radius 3 is 2.67 bits per heavy atom. The van der Waals surface area contributed by atoms with Gasteiger partial charge in [-0.2, -0.15) is 0 Å². The highest BCUT2D eigenvalue weighted by atomic mass is 16.5. The number of likely N-dealkylation sites (N-methyl/N-ethyl adjacent to an activating group) is 1. The lowest BCUT2D eigenvalue weighted by Gasteiger charge is -2.20. The van der Waals surface area contributed by atoms with E-state index < -0.39 is 0 Å². The van der Waals surface area contributed by atoms with E-state index in [4.69, 9.17) is 9.73 Å². The third kappa shape index (κ3) is 6.66. The van der Waals surface area contributed by atoms with Crippen molar-refractivity contribution in [2.24, 2.45) is 4.99 Å². The molecule has 162 valence electrons. The number of nitrogens with zero attached hydrogens (tertiary/aromatic N) is 3. The van der Waals surface area contributed by atoms with Crippen LogP contribution in [0.1, 0.15) is 18.9 Å². The fourth-order valence-corrected chi connectivity index (χ4v) is 3.54. The SMILES string of the molecule is CCNC(=NCc1ccccc1OCCN(C)C)NC1CCN(c2ccccc2)C1. The van der Waals surface area contributed by atoms with E-state index in [0.717, 1.165) is 49.9 Å². The van der Waals surface area contributed by atoms with Crippen LogP contribution in [0, 0.1) is 0 Å². The Morgan fingerprint density at radius 1 is 1.13 bits per heavy atom. The lowest BCUT2D eigenvalue weighted by Crippen LogP contribution is -2.44. The molecule has 0 bridgehead atoms. The molecule has 1 saturated heterocycles. The van der Waals surface area contributed by atoms with Crippen LogP contribution in [0.3, 0.4) is 0 Å². The van der Waals surface area contributed by atoms with Gasteiger partial charge >= 0.3 is 0 Å². The maximum atomic E-state index is 5.98. The average molecular weight is 410 g/mol. The zero-order valence-electron chi connectivity index (χ0n) is 18.5. The molecule has 2 aromatic carbocycles. The first-order chi connectivity index (χ1) is 14.7. The van der Waals surface area contributed by atoms with E-state index >= 15 is 0 Å². The van der Waals surface area contributed by atoms with Crippen LogP contribution in [0.5, 0.6) is 5.75 Å². The van der Waals surface area contributed by atoms with Crippen molar-refractivity contribution < 1.29 is 4.74 Å².